The maximum Gasteiger partial charge on any atom is 0.356 e. The summed E-state index contributed by atoms with van der Waals surface area (Å²) in [5.74, 6) is -0.322. The van der Waals surface area contributed by atoms with E-state index in [1.165, 1.54) is 0 Å². The van der Waals surface area contributed by atoms with E-state index >= 15 is 0 Å². The molecule has 21 heavy (non-hydrogen) atoms. The third-order valence-corrected chi connectivity index (χ3v) is 3.66. The fraction of sp³-hybridized carbons (Fsp3) is 0.400. The van der Waals surface area contributed by atoms with Crippen molar-refractivity contribution >= 4 is 5.97 Å². The molecule has 0 aromatic carbocycles. The number of aromatic nitrogens is 3. The first-order valence-corrected chi connectivity index (χ1v) is 7.16. The lowest BCUT2D eigenvalue weighted by molar-refractivity contribution is 0.0510. The van der Waals surface area contributed by atoms with Crippen molar-refractivity contribution in [1.82, 2.24) is 14.8 Å². The van der Waals surface area contributed by atoms with Gasteiger partial charge in [-0.3, -0.25) is 9.67 Å². The van der Waals surface area contributed by atoms with Gasteiger partial charge in [-0.1, -0.05) is 0 Å². The van der Waals surface area contributed by atoms with Gasteiger partial charge in [0.1, 0.15) is 5.69 Å². The Morgan fingerprint density at radius 1 is 1.48 bits per heavy atom. The summed E-state index contributed by atoms with van der Waals surface area (Å²) in [5, 5.41) is 4.59. The predicted molar refractivity (Wildman–Crippen MR) is 77.9 cm³/mol. The van der Waals surface area contributed by atoms with Crippen LogP contribution in [0.15, 0.2) is 18.5 Å². The van der Waals surface area contributed by atoms with E-state index in [2.05, 4.69) is 10.1 Å². The van der Waals surface area contributed by atoms with Gasteiger partial charge in [0.05, 0.1) is 18.8 Å². The molecule has 0 radical (unpaired) electrons. The smallest absolute Gasteiger partial charge is 0.356 e. The Hall–Kier alpha value is -2.21. The van der Waals surface area contributed by atoms with Crippen LogP contribution in [0, 0.1) is 0 Å². The molecular formula is C15H18N4O2. The number of rotatable bonds is 4. The number of aryl methyl sites for hydroxylation is 1. The average molecular weight is 286 g/mol. The van der Waals surface area contributed by atoms with Crippen molar-refractivity contribution in [1.29, 1.82) is 0 Å². The third-order valence-electron chi connectivity index (χ3n) is 3.66. The van der Waals surface area contributed by atoms with Crippen molar-refractivity contribution in [3.63, 3.8) is 0 Å². The highest BCUT2D eigenvalue weighted by Crippen LogP contribution is 2.34. The summed E-state index contributed by atoms with van der Waals surface area (Å²) >= 11 is 0. The Labute approximate surface area is 122 Å². The molecule has 2 aromatic heterocycles. The lowest BCUT2D eigenvalue weighted by Crippen LogP contribution is -2.19. The molecule has 6 heteroatoms. The Kier molecular flexibility index (Phi) is 3.70. The number of nitrogens with zero attached hydrogens (tertiary/aromatic N) is 3. The van der Waals surface area contributed by atoms with E-state index in [9.17, 15) is 4.79 Å². The van der Waals surface area contributed by atoms with Gasteiger partial charge in [-0.25, -0.2) is 4.79 Å². The topological polar surface area (TPSA) is 83.0 Å². The number of ether oxygens (including phenoxy) is 1. The van der Waals surface area contributed by atoms with Crippen LogP contribution < -0.4 is 5.73 Å². The Morgan fingerprint density at radius 2 is 2.33 bits per heavy atom. The van der Waals surface area contributed by atoms with Crippen LogP contribution in [-0.4, -0.2) is 33.9 Å². The zero-order chi connectivity index (χ0) is 14.8. The van der Waals surface area contributed by atoms with Crippen molar-refractivity contribution in [2.75, 3.05) is 13.2 Å². The van der Waals surface area contributed by atoms with Gasteiger partial charge in [0.15, 0.2) is 0 Å². The Morgan fingerprint density at radius 3 is 3.10 bits per heavy atom. The van der Waals surface area contributed by atoms with Gasteiger partial charge >= 0.3 is 5.97 Å². The van der Waals surface area contributed by atoms with Crippen molar-refractivity contribution in [3.8, 4) is 11.3 Å². The number of hydrogen-bond acceptors (Lipinski definition) is 5. The number of nitrogens with two attached hydrogens (primary N) is 1. The molecule has 3 rings (SSSR count). The molecule has 0 atom stereocenters. The van der Waals surface area contributed by atoms with E-state index in [-0.39, 0.29) is 5.97 Å². The number of pyridine rings is 1. The summed E-state index contributed by atoms with van der Waals surface area (Å²) in [7, 11) is 0. The van der Waals surface area contributed by atoms with Crippen LogP contribution in [0.4, 0.5) is 0 Å². The molecule has 2 N–H and O–H groups in total. The average Bonchev–Trinajstić information content (AvgIpc) is 2.86. The second kappa shape index (κ2) is 5.65. The first-order chi connectivity index (χ1) is 10.3. The minimum atomic E-state index is -0.322. The quantitative estimate of drug-likeness (QED) is 0.853. The van der Waals surface area contributed by atoms with Crippen LogP contribution in [0.25, 0.3) is 11.3 Å². The highest BCUT2D eigenvalue weighted by molar-refractivity contribution is 5.92. The lowest BCUT2D eigenvalue weighted by Gasteiger charge is -2.14. The third kappa shape index (κ3) is 2.31. The van der Waals surface area contributed by atoms with Gasteiger partial charge in [-0.2, -0.15) is 5.10 Å². The number of hydrogen-bond donors (Lipinski definition) is 1. The van der Waals surface area contributed by atoms with Crippen LogP contribution >= 0.6 is 0 Å². The molecule has 0 aliphatic heterocycles. The molecule has 6 nitrogen and oxygen atoms in total. The minimum Gasteiger partial charge on any atom is -0.461 e. The van der Waals surface area contributed by atoms with Crippen LogP contribution in [0.3, 0.4) is 0 Å². The number of carbonyl (C=O) groups is 1. The van der Waals surface area contributed by atoms with E-state index in [0.29, 0.717) is 25.4 Å². The second-order valence-electron chi connectivity index (χ2n) is 4.94. The predicted octanol–water partition coefficient (Wildman–Crippen LogP) is 1.18. The summed E-state index contributed by atoms with van der Waals surface area (Å²) < 4.78 is 6.85. The van der Waals surface area contributed by atoms with E-state index in [4.69, 9.17) is 10.5 Å². The van der Waals surface area contributed by atoms with Crippen LogP contribution in [0.5, 0.6) is 0 Å². The molecule has 110 valence electrons. The zero-order valence-electron chi connectivity index (χ0n) is 12.0. The molecule has 1 aliphatic carbocycles. The van der Waals surface area contributed by atoms with E-state index in [1.54, 1.807) is 17.8 Å². The summed E-state index contributed by atoms with van der Waals surface area (Å²) in [6, 6.07) is 1.95. The Balaban J connectivity index is 2.14. The molecule has 0 fully saturated rings. The first-order valence-electron chi connectivity index (χ1n) is 7.16. The highest BCUT2D eigenvalue weighted by Gasteiger charge is 2.28. The summed E-state index contributed by atoms with van der Waals surface area (Å²) in [6.07, 6.45) is 5.24. The van der Waals surface area contributed by atoms with Crippen LogP contribution in [0.1, 0.15) is 28.5 Å². The minimum absolute atomic E-state index is 0.322. The van der Waals surface area contributed by atoms with E-state index < -0.39 is 0 Å². The van der Waals surface area contributed by atoms with E-state index in [1.807, 2.05) is 12.3 Å². The SMILES string of the molecule is CCOC(=O)c1c2c(nn1CCN)-c1ccncc1CC2. The molecule has 0 bridgehead atoms. The first kappa shape index (κ1) is 13.8. The Bertz CT molecular complexity index is 678. The second-order valence-corrected chi connectivity index (χ2v) is 4.94. The molecule has 0 spiro atoms. The molecule has 2 aromatic rings. The van der Waals surface area contributed by atoms with Gasteiger partial charge in [0.2, 0.25) is 0 Å². The maximum absolute atomic E-state index is 12.2. The fourth-order valence-corrected chi connectivity index (χ4v) is 2.78. The molecule has 2 heterocycles. The van der Waals surface area contributed by atoms with Crippen LogP contribution in [0.2, 0.25) is 0 Å². The summed E-state index contributed by atoms with van der Waals surface area (Å²) in [4.78, 5) is 16.4. The number of fused-ring (bicyclic) bond motifs is 3. The normalized spacial score (nSPS) is 12.7. The number of esters is 1. The van der Waals surface area contributed by atoms with Gasteiger partial charge in [-0.15, -0.1) is 0 Å². The van der Waals surface area contributed by atoms with Gasteiger partial charge in [0, 0.05) is 30.1 Å². The van der Waals surface area contributed by atoms with Crippen LogP contribution in [-0.2, 0) is 24.1 Å². The maximum atomic E-state index is 12.2. The number of carbonyl (C=O) groups excluding carboxylic acids is 1. The van der Waals surface area contributed by atoms with Gasteiger partial charge < -0.3 is 10.5 Å². The zero-order valence-corrected chi connectivity index (χ0v) is 12.0. The molecule has 1 aliphatic rings. The van der Waals surface area contributed by atoms with Gasteiger partial charge in [-0.05, 0) is 31.4 Å². The largest absolute Gasteiger partial charge is 0.461 e. The lowest BCUT2D eigenvalue weighted by atomic mass is 9.90. The van der Waals surface area contributed by atoms with Gasteiger partial charge in [0.25, 0.3) is 0 Å². The fourth-order valence-electron chi connectivity index (χ4n) is 2.78. The van der Waals surface area contributed by atoms with Crippen molar-refractivity contribution in [2.45, 2.75) is 26.3 Å². The highest BCUT2D eigenvalue weighted by atomic mass is 16.5. The monoisotopic (exact) mass is 286 g/mol. The van der Waals surface area contributed by atoms with Crippen molar-refractivity contribution in [3.05, 3.63) is 35.3 Å². The van der Waals surface area contributed by atoms with Crippen molar-refractivity contribution in [2.24, 2.45) is 5.73 Å². The molecule has 0 saturated carbocycles. The molecule has 0 saturated heterocycles. The standard InChI is InChI=1S/C15H18N4O2/c1-2-21-15(20)14-12-4-3-10-9-17-7-5-11(10)13(12)18-19(14)8-6-16/h5,7,9H,2-4,6,8,16H2,1H3. The summed E-state index contributed by atoms with van der Waals surface area (Å²) in [5.41, 5.74) is 10.2. The molecule has 0 amide bonds. The molecular weight excluding hydrogens is 268 g/mol. The summed E-state index contributed by atoms with van der Waals surface area (Å²) in [6.45, 7) is 3.08. The molecule has 0 unspecified atom stereocenters. The van der Waals surface area contributed by atoms with Crippen molar-refractivity contribution < 1.29 is 9.53 Å². The van der Waals surface area contributed by atoms with E-state index in [0.717, 1.165) is 35.2 Å².